The van der Waals surface area contributed by atoms with Crippen molar-refractivity contribution in [1.82, 2.24) is 9.29 Å². The van der Waals surface area contributed by atoms with Crippen LogP contribution in [0.2, 0.25) is 0 Å². The number of hydrogen-bond donors (Lipinski definition) is 0. The summed E-state index contributed by atoms with van der Waals surface area (Å²) in [6.45, 7) is 0.472. The van der Waals surface area contributed by atoms with Gasteiger partial charge in [0, 0.05) is 24.0 Å². The van der Waals surface area contributed by atoms with Crippen LogP contribution in [0.5, 0.6) is 5.75 Å². The summed E-state index contributed by atoms with van der Waals surface area (Å²) >= 11 is 1.46. The first-order valence-electron chi connectivity index (χ1n) is 10.4. The van der Waals surface area contributed by atoms with E-state index in [0.717, 1.165) is 28.5 Å². The van der Waals surface area contributed by atoms with Crippen molar-refractivity contribution in [2.75, 3.05) is 20.2 Å². The number of benzene rings is 2. The maximum Gasteiger partial charge on any atom is 0.309 e. The number of carbonyl (C=O) groups is 1. The fourth-order valence-electron chi connectivity index (χ4n) is 3.61. The van der Waals surface area contributed by atoms with E-state index in [9.17, 15) is 17.6 Å². The Kier molecular flexibility index (Phi) is 7.06. The minimum absolute atomic E-state index is 0.0419. The Morgan fingerprint density at radius 2 is 1.91 bits per heavy atom. The van der Waals surface area contributed by atoms with E-state index in [2.05, 4.69) is 4.98 Å². The molecule has 0 atom stereocenters. The van der Waals surface area contributed by atoms with E-state index in [1.54, 1.807) is 7.11 Å². The van der Waals surface area contributed by atoms with E-state index in [4.69, 9.17) is 9.47 Å². The number of rotatable bonds is 7. The maximum absolute atomic E-state index is 13.1. The van der Waals surface area contributed by atoms with E-state index < -0.39 is 15.8 Å². The Morgan fingerprint density at radius 1 is 1.18 bits per heavy atom. The predicted molar refractivity (Wildman–Crippen MR) is 122 cm³/mol. The van der Waals surface area contributed by atoms with E-state index in [1.807, 2.05) is 29.6 Å². The molecule has 7 nitrogen and oxygen atoms in total. The Labute approximate surface area is 195 Å². The van der Waals surface area contributed by atoms with Gasteiger partial charge in [0.2, 0.25) is 10.0 Å². The number of halogens is 1. The van der Waals surface area contributed by atoms with Gasteiger partial charge in [0.1, 0.15) is 23.2 Å². The number of esters is 1. The number of sulfonamides is 1. The van der Waals surface area contributed by atoms with Gasteiger partial charge in [-0.2, -0.15) is 4.31 Å². The third-order valence-corrected chi connectivity index (χ3v) is 8.32. The summed E-state index contributed by atoms with van der Waals surface area (Å²) in [5.74, 6) is -0.486. The topological polar surface area (TPSA) is 85.8 Å². The number of thiazole rings is 1. The Morgan fingerprint density at radius 3 is 2.61 bits per heavy atom. The van der Waals surface area contributed by atoms with Crippen molar-refractivity contribution in [3.05, 3.63) is 65.4 Å². The smallest absolute Gasteiger partial charge is 0.309 e. The molecule has 3 aromatic rings. The average molecular weight is 491 g/mol. The zero-order valence-electron chi connectivity index (χ0n) is 17.9. The molecule has 2 aromatic carbocycles. The van der Waals surface area contributed by atoms with Gasteiger partial charge >= 0.3 is 5.97 Å². The Bertz CT molecular complexity index is 1220. The first-order chi connectivity index (χ1) is 15.9. The second kappa shape index (κ2) is 9.98. The van der Waals surface area contributed by atoms with Crippen LogP contribution >= 0.6 is 11.3 Å². The number of nitrogens with zero attached hydrogens (tertiary/aromatic N) is 2. The second-order valence-corrected chi connectivity index (χ2v) is 10.4. The van der Waals surface area contributed by atoms with Crippen LogP contribution < -0.4 is 4.74 Å². The van der Waals surface area contributed by atoms with Crippen molar-refractivity contribution in [2.24, 2.45) is 5.92 Å². The lowest BCUT2D eigenvalue weighted by Crippen LogP contribution is -2.40. The normalized spacial score (nSPS) is 15.3. The molecule has 1 aliphatic rings. The number of hydrogen-bond acceptors (Lipinski definition) is 7. The van der Waals surface area contributed by atoms with E-state index in [0.29, 0.717) is 18.5 Å². The maximum atomic E-state index is 13.1. The lowest BCUT2D eigenvalue weighted by Gasteiger charge is -2.30. The number of ether oxygens (including phenoxy) is 2. The molecule has 1 aliphatic heterocycles. The molecule has 1 fully saturated rings. The van der Waals surface area contributed by atoms with Crippen molar-refractivity contribution < 1.29 is 27.1 Å². The first-order valence-corrected chi connectivity index (χ1v) is 12.7. The lowest BCUT2D eigenvalue weighted by molar-refractivity contribution is -0.151. The quantitative estimate of drug-likeness (QED) is 0.464. The average Bonchev–Trinajstić information content (AvgIpc) is 3.32. The van der Waals surface area contributed by atoms with Crippen LogP contribution in [0.15, 0.2) is 58.8 Å². The monoisotopic (exact) mass is 490 g/mol. The molecule has 0 radical (unpaired) electrons. The number of carbonyl (C=O) groups excluding carboxylic acids is 1. The standard InChI is InChI=1S/C23H23FN2O5S2/c1-30-20-4-2-3-17(13-20)22-25-19(15-32-22)14-31-23(27)16-9-11-26(12-10-16)33(28,29)21-7-5-18(24)6-8-21/h2-8,13,15-16H,9-12,14H2,1H3. The molecule has 0 amide bonds. The van der Waals surface area contributed by atoms with Gasteiger partial charge in [-0.25, -0.2) is 17.8 Å². The van der Waals surface area contributed by atoms with Crippen LogP contribution in [-0.2, 0) is 26.2 Å². The summed E-state index contributed by atoms with van der Waals surface area (Å²) in [6, 6.07) is 12.3. The summed E-state index contributed by atoms with van der Waals surface area (Å²) < 4.78 is 50.6. The summed E-state index contributed by atoms with van der Waals surface area (Å²) in [6.07, 6.45) is 0.733. The summed E-state index contributed by atoms with van der Waals surface area (Å²) in [7, 11) is -2.11. The zero-order valence-corrected chi connectivity index (χ0v) is 19.6. The molecule has 10 heteroatoms. The summed E-state index contributed by atoms with van der Waals surface area (Å²) in [5, 5.41) is 2.65. The molecule has 0 aliphatic carbocycles. The van der Waals surface area contributed by atoms with Gasteiger partial charge in [-0.1, -0.05) is 12.1 Å². The third kappa shape index (κ3) is 5.40. The van der Waals surface area contributed by atoms with Gasteiger partial charge < -0.3 is 9.47 Å². The third-order valence-electron chi connectivity index (χ3n) is 5.47. The van der Waals surface area contributed by atoms with Gasteiger partial charge in [0.05, 0.1) is 23.6 Å². The van der Waals surface area contributed by atoms with Crippen LogP contribution in [0.25, 0.3) is 10.6 Å². The second-order valence-electron chi connectivity index (χ2n) is 7.62. The summed E-state index contributed by atoms with van der Waals surface area (Å²) in [5.41, 5.74) is 1.58. The van der Waals surface area contributed by atoms with Crippen molar-refractivity contribution in [1.29, 1.82) is 0 Å². The van der Waals surface area contributed by atoms with Gasteiger partial charge in [-0.3, -0.25) is 4.79 Å². The van der Waals surface area contributed by atoms with Crippen LogP contribution in [0.1, 0.15) is 18.5 Å². The minimum Gasteiger partial charge on any atom is -0.497 e. The van der Waals surface area contributed by atoms with Gasteiger partial charge in [-0.15, -0.1) is 11.3 Å². The lowest BCUT2D eigenvalue weighted by atomic mass is 9.98. The van der Waals surface area contributed by atoms with Crippen LogP contribution in [0, 0.1) is 11.7 Å². The van der Waals surface area contributed by atoms with Gasteiger partial charge in [0.25, 0.3) is 0 Å². The Balaban J connectivity index is 1.30. The van der Waals surface area contributed by atoms with Crippen LogP contribution in [0.3, 0.4) is 0 Å². The molecular weight excluding hydrogens is 467 g/mol. The molecule has 0 bridgehead atoms. The van der Waals surface area contributed by atoms with Crippen molar-refractivity contribution in [2.45, 2.75) is 24.3 Å². The molecule has 0 N–H and O–H groups in total. The minimum atomic E-state index is -3.71. The van der Waals surface area contributed by atoms with Gasteiger partial charge in [-0.05, 0) is 49.2 Å². The molecule has 4 rings (SSSR count). The van der Waals surface area contributed by atoms with Crippen LogP contribution in [0.4, 0.5) is 4.39 Å². The van der Waals surface area contributed by atoms with Gasteiger partial charge in [0.15, 0.2) is 0 Å². The zero-order chi connectivity index (χ0) is 23.4. The molecule has 2 heterocycles. The first kappa shape index (κ1) is 23.3. The van der Waals surface area contributed by atoms with Crippen LogP contribution in [-0.4, -0.2) is 43.9 Å². The Hall–Kier alpha value is -2.82. The number of piperidine rings is 1. The molecule has 33 heavy (non-hydrogen) atoms. The van der Waals surface area contributed by atoms with Crippen molar-refractivity contribution in [3.63, 3.8) is 0 Å². The molecule has 174 valence electrons. The molecule has 1 saturated heterocycles. The summed E-state index contributed by atoms with van der Waals surface area (Å²) in [4.78, 5) is 17.1. The molecule has 0 unspecified atom stereocenters. The van der Waals surface area contributed by atoms with E-state index in [1.165, 1.54) is 27.8 Å². The fourth-order valence-corrected chi connectivity index (χ4v) is 5.88. The number of aromatic nitrogens is 1. The highest BCUT2D eigenvalue weighted by Gasteiger charge is 2.32. The number of methoxy groups -OCH3 is 1. The molecular formula is C23H23FN2O5S2. The highest BCUT2D eigenvalue weighted by Crippen LogP contribution is 2.28. The SMILES string of the molecule is COc1cccc(-c2nc(COC(=O)C3CCN(S(=O)(=O)c4ccc(F)cc4)CC3)cs2)c1. The van der Waals surface area contributed by atoms with Crippen molar-refractivity contribution in [3.8, 4) is 16.3 Å². The highest BCUT2D eigenvalue weighted by molar-refractivity contribution is 7.89. The predicted octanol–water partition coefficient (Wildman–Crippen LogP) is 4.10. The van der Waals surface area contributed by atoms with E-state index in [-0.39, 0.29) is 36.5 Å². The molecule has 0 spiro atoms. The van der Waals surface area contributed by atoms with Crippen molar-refractivity contribution >= 4 is 27.3 Å². The fraction of sp³-hybridized carbons (Fsp3) is 0.304. The van der Waals surface area contributed by atoms with E-state index >= 15 is 0 Å². The highest BCUT2D eigenvalue weighted by atomic mass is 32.2. The molecule has 0 saturated carbocycles. The largest absolute Gasteiger partial charge is 0.497 e. The molecule has 1 aromatic heterocycles.